The maximum atomic E-state index is 13.0. The average Bonchev–Trinajstić information content (AvgIpc) is 3.67. The summed E-state index contributed by atoms with van der Waals surface area (Å²) in [7, 11) is 3.15. The minimum absolute atomic E-state index is 0.0374. The maximum Gasteiger partial charge on any atom is 0.438 e. The molecule has 0 bridgehead atoms. The number of aryl methyl sites for hydroxylation is 2. The molecule has 1 aliphatic heterocycles. The molecule has 1 fully saturated rings. The van der Waals surface area contributed by atoms with Crippen molar-refractivity contribution in [2.24, 2.45) is 0 Å². The summed E-state index contributed by atoms with van der Waals surface area (Å²) >= 11 is 0. The lowest BCUT2D eigenvalue weighted by Gasteiger charge is -2.37. The van der Waals surface area contributed by atoms with Crippen molar-refractivity contribution in [1.82, 2.24) is 31.0 Å². The molecule has 1 aliphatic carbocycles. The molecule has 43 heavy (non-hydrogen) atoms. The first-order chi connectivity index (χ1) is 20.7. The van der Waals surface area contributed by atoms with Crippen LogP contribution in [0.2, 0.25) is 0 Å². The van der Waals surface area contributed by atoms with E-state index in [-0.39, 0.29) is 36.1 Å². The molecule has 2 aromatic carbocycles. The van der Waals surface area contributed by atoms with Gasteiger partial charge in [-0.3, -0.25) is 23.9 Å². The summed E-state index contributed by atoms with van der Waals surface area (Å²) in [4.78, 5) is 55.0. The second-order valence-electron chi connectivity index (χ2n) is 11.1. The number of nitrogens with one attached hydrogen (secondary N) is 4. The topological polar surface area (TPSA) is 173 Å². The minimum Gasteiger partial charge on any atom is -0.355 e. The van der Waals surface area contributed by atoms with Crippen molar-refractivity contribution in [3.8, 4) is 6.07 Å². The van der Waals surface area contributed by atoms with Gasteiger partial charge in [-0.05, 0) is 85.5 Å². The highest BCUT2D eigenvalue weighted by molar-refractivity contribution is 5.95. The van der Waals surface area contributed by atoms with Crippen LogP contribution in [-0.4, -0.2) is 72.0 Å². The fraction of sp³-hybridized carbons (Fsp3) is 0.419. The smallest absolute Gasteiger partial charge is 0.355 e. The van der Waals surface area contributed by atoms with Crippen molar-refractivity contribution in [1.29, 1.82) is 5.26 Å². The Bertz CT molecular complexity index is 1580. The molecule has 3 aromatic rings. The number of rotatable bonds is 8. The number of carbonyl (C=O) groups is 3. The Morgan fingerprint density at radius 1 is 1.09 bits per heavy atom. The van der Waals surface area contributed by atoms with Gasteiger partial charge in [0, 0.05) is 37.8 Å². The monoisotopic (exact) mass is 585 g/mol. The Labute approximate surface area is 248 Å². The molecule has 1 unspecified atom stereocenters. The summed E-state index contributed by atoms with van der Waals surface area (Å²) < 4.78 is 5.04. The quantitative estimate of drug-likeness (QED) is 0.307. The number of hydrogen-bond donors (Lipinski definition) is 4. The predicted molar refractivity (Wildman–Crippen MR) is 157 cm³/mol. The molecule has 2 atom stereocenters. The molecular formula is C31H35N7O5. The number of fused-ring (bicyclic) bond motifs is 2. The van der Waals surface area contributed by atoms with Crippen molar-refractivity contribution >= 4 is 17.7 Å². The number of amides is 3. The highest BCUT2D eigenvalue weighted by Gasteiger charge is 2.45. The zero-order valence-corrected chi connectivity index (χ0v) is 24.5. The predicted octanol–water partition coefficient (Wildman–Crippen LogP) is 1.40. The Morgan fingerprint density at radius 3 is 2.21 bits per heavy atom. The van der Waals surface area contributed by atoms with E-state index in [2.05, 4.69) is 32.2 Å². The number of carbonyl (C=O) groups excluding carboxylic acids is 3. The van der Waals surface area contributed by atoms with Crippen LogP contribution in [0.1, 0.15) is 75.0 Å². The molecule has 224 valence electrons. The number of benzene rings is 2. The van der Waals surface area contributed by atoms with E-state index in [0.717, 1.165) is 28.7 Å². The van der Waals surface area contributed by atoms with E-state index < -0.39 is 17.2 Å². The van der Waals surface area contributed by atoms with Gasteiger partial charge in [-0.2, -0.15) is 5.26 Å². The third-order valence-corrected chi connectivity index (χ3v) is 8.55. The Kier molecular flexibility index (Phi) is 8.45. The Morgan fingerprint density at radius 2 is 1.70 bits per heavy atom. The molecule has 3 amide bonds. The second kappa shape index (κ2) is 12.2. The standard InChI is InChI=1S/C31H35N7O5/c1-18(35-17-26(39)38-12-4-5-23(38)16-32)15-31(29-36-30(42)43-37-29)24-10-8-21(27(40)33-2)13-19(24)6-7-20-14-22(28(41)34-3)9-11-25(20)31/h8-11,13-14,18,23,35H,4-7,12,15,17H2,1-3H3,(H,33,40)(H,34,41)(H,36,37,42)/t18-,23?/m1/s1. The summed E-state index contributed by atoms with van der Waals surface area (Å²) in [5.41, 5.74) is 3.37. The summed E-state index contributed by atoms with van der Waals surface area (Å²) in [6, 6.07) is 12.5. The summed E-state index contributed by atoms with van der Waals surface area (Å²) in [6.07, 6.45) is 2.96. The fourth-order valence-corrected chi connectivity index (χ4v) is 6.50. The molecule has 1 saturated heterocycles. The van der Waals surface area contributed by atoms with Gasteiger partial charge in [0.15, 0.2) is 5.82 Å². The molecule has 0 radical (unpaired) electrons. The lowest BCUT2D eigenvalue weighted by Crippen LogP contribution is -2.45. The highest BCUT2D eigenvalue weighted by atomic mass is 16.5. The van der Waals surface area contributed by atoms with E-state index >= 15 is 0 Å². The number of nitrogens with zero attached hydrogens (tertiary/aromatic N) is 3. The molecule has 2 aliphatic rings. The van der Waals surface area contributed by atoms with Crippen molar-refractivity contribution in [3.63, 3.8) is 0 Å². The first kappa shape index (κ1) is 29.7. The van der Waals surface area contributed by atoms with E-state index in [1.54, 1.807) is 31.1 Å². The van der Waals surface area contributed by atoms with Crippen LogP contribution in [0.5, 0.6) is 0 Å². The summed E-state index contributed by atoms with van der Waals surface area (Å²) in [5.74, 6) is -1.02. The minimum atomic E-state index is -1.06. The zero-order chi connectivity index (χ0) is 30.7. The number of aromatic amines is 1. The van der Waals surface area contributed by atoms with Gasteiger partial charge in [0.2, 0.25) is 5.91 Å². The highest BCUT2D eigenvalue weighted by Crippen LogP contribution is 2.47. The Balaban J connectivity index is 1.62. The molecule has 2 heterocycles. The Hall–Kier alpha value is -4.76. The third-order valence-electron chi connectivity index (χ3n) is 8.55. The third kappa shape index (κ3) is 5.56. The van der Waals surface area contributed by atoms with Gasteiger partial charge >= 0.3 is 5.76 Å². The van der Waals surface area contributed by atoms with Crippen LogP contribution in [0.4, 0.5) is 0 Å². The van der Waals surface area contributed by atoms with E-state index in [4.69, 9.17) is 4.52 Å². The molecular weight excluding hydrogens is 550 g/mol. The second-order valence-corrected chi connectivity index (χ2v) is 11.1. The largest absolute Gasteiger partial charge is 0.438 e. The number of hydrogen-bond acceptors (Lipinski definition) is 8. The molecule has 4 N–H and O–H groups in total. The normalized spacial score (nSPS) is 17.6. The van der Waals surface area contributed by atoms with Crippen LogP contribution in [0, 0.1) is 11.3 Å². The molecule has 0 spiro atoms. The van der Waals surface area contributed by atoms with Crippen molar-refractivity contribution in [2.45, 2.75) is 56.5 Å². The van der Waals surface area contributed by atoms with Gasteiger partial charge in [0.25, 0.3) is 11.8 Å². The van der Waals surface area contributed by atoms with Gasteiger partial charge in [0.05, 0.1) is 18.0 Å². The maximum absolute atomic E-state index is 13.0. The molecule has 1 aromatic heterocycles. The zero-order valence-electron chi connectivity index (χ0n) is 24.5. The fourth-order valence-electron chi connectivity index (χ4n) is 6.50. The van der Waals surface area contributed by atoms with Crippen LogP contribution in [-0.2, 0) is 23.1 Å². The van der Waals surface area contributed by atoms with E-state index in [9.17, 15) is 24.4 Å². The van der Waals surface area contributed by atoms with E-state index in [0.29, 0.717) is 43.4 Å². The van der Waals surface area contributed by atoms with Crippen LogP contribution < -0.4 is 21.7 Å². The molecule has 12 heteroatoms. The van der Waals surface area contributed by atoms with Crippen LogP contribution in [0.25, 0.3) is 0 Å². The van der Waals surface area contributed by atoms with Crippen LogP contribution in [0.3, 0.4) is 0 Å². The summed E-state index contributed by atoms with van der Waals surface area (Å²) in [6.45, 7) is 2.54. The van der Waals surface area contributed by atoms with Crippen LogP contribution in [0.15, 0.2) is 45.7 Å². The van der Waals surface area contributed by atoms with Crippen molar-refractivity contribution in [3.05, 3.63) is 86.2 Å². The van der Waals surface area contributed by atoms with Gasteiger partial charge < -0.3 is 20.9 Å². The summed E-state index contributed by atoms with van der Waals surface area (Å²) in [5, 5.41) is 22.3. The van der Waals surface area contributed by atoms with Gasteiger partial charge in [-0.25, -0.2) is 4.79 Å². The molecule has 5 rings (SSSR count). The average molecular weight is 586 g/mol. The first-order valence-electron chi connectivity index (χ1n) is 14.4. The first-order valence-corrected chi connectivity index (χ1v) is 14.4. The SMILES string of the molecule is CNC(=O)c1ccc2c(c1)CCc1cc(C(=O)NC)ccc1C2(C[C@@H](C)NCC(=O)N1CCCC1C#N)c1noc(=O)[nH]1. The van der Waals surface area contributed by atoms with Crippen molar-refractivity contribution in [2.75, 3.05) is 27.2 Å². The lowest BCUT2D eigenvalue weighted by atomic mass is 9.67. The lowest BCUT2D eigenvalue weighted by molar-refractivity contribution is -0.130. The van der Waals surface area contributed by atoms with Gasteiger partial charge in [-0.15, -0.1) is 0 Å². The van der Waals surface area contributed by atoms with Crippen molar-refractivity contribution < 1.29 is 18.9 Å². The molecule has 0 saturated carbocycles. The van der Waals surface area contributed by atoms with E-state index in [1.165, 1.54) is 0 Å². The van der Waals surface area contributed by atoms with E-state index in [1.807, 2.05) is 31.2 Å². The van der Waals surface area contributed by atoms with Gasteiger partial charge in [0.1, 0.15) is 6.04 Å². The number of likely N-dealkylation sites (tertiary alicyclic amines) is 1. The van der Waals surface area contributed by atoms with Gasteiger partial charge in [-0.1, -0.05) is 17.3 Å². The number of aromatic nitrogens is 2. The van der Waals surface area contributed by atoms with Crippen LogP contribution >= 0.6 is 0 Å². The number of H-pyrrole nitrogens is 1. The number of nitriles is 1. The molecule has 12 nitrogen and oxygen atoms in total.